The van der Waals surface area contributed by atoms with E-state index in [1.807, 2.05) is 41.2 Å². The summed E-state index contributed by atoms with van der Waals surface area (Å²) in [5.41, 5.74) is 2.03. The number of rotatable bonds is 6. The maximum absolute atomic E-state index is 11.9. The van der Waals surface area contributed by atoms with Crippen LogP contribution < -0.4 is 16.0 Å². The van der Waals surface area contributed by atoms with Gasteiger partial charge in [0.2, 0.25) is 5.91 Å². The first-order valence-corrected chi connectivity index (χ1v) is 7.53. The van der Waals surface area contributed by atoms with Gasteiger partial charge >= 0.3 is 6.03 Å². The molecule has 1 aromatic heterocycles. The van der Waals surface area contributed by atoms with Gasteiger partial charge < -0.3 is 10.6 Å². The number of urea groups is 1. The average Bonchev–Trinajstić information content (AvgIpc) is 3.16. The Labute approximate surface area is 138 Å². The fourth-order valence-corrected chi connectivity index (χ4v) is 2.48. The maximum Gasteiger partial charge on any atom is 0.322 e. The van der Waals surface area contributed by atoms with Crippen LogP contribution in [0.15, 0.2) is 42.7 Å². The molecule has 0 saturated carbocycles. The second kappa shape index (κ2) is 6.95. The van der Waals surface area contributed by atoms with Crippen LogP contribution >= 0.6 is 0 Å². The summed E-state index contributed by atoms with van der Waals surface area (Å²) in [5.74, 6) is -0.772. The number of nitrogens with one attached hydrogen (secondary N) is 3. The van der Waals surface area contributed by atoms with Gasteiger partial charge in [0.25, 0.3) is 5.91 Å². The van der Waals surface area contributed by atoms with Crippen LogP contribution in [-0.4, -0.2) is 33.7 Å². The molecule has 1 atom stereocenters. The second-order valence-corrected chi connectivity index (χ2v) is 5.52. The normalized spacial score (nSPS) is 16.6. The molecule has 4 amide bonds. The van der Waals surface area contributed by atoms with Crippen molar-refractivity contribution in [1.29, 1.82) is 0 Å². The van der Waals surface area contributed by atoms with Crippen LogP contribution in [0.1, 0.15) is 17.5 Å². The number of nitrogens with zero attached hydrogens (tertiary/aromatic N) is 2. The number of hydrogen-bond donors (Lipinski definition) is 3. The van der Waals surface area contributed by atoms with Crippen LogP contribution in [0.25, 0.3) is 0 Å². The van der Waals surface area contributed by atoms with Gasteiger partial charge in [0.1, 0.15) is 6.04 Å². The molecule has 1 fully saturated rings. The zero-order valence-corrected chi connectivity index (χ0v) is 12.9. The minimum atomic E-state index is -0.802. The van der Waals surface area contributed by atoms with Gasteiger partial charge in [-0.2, -0.15) is 5.10 Å². The summed E-state index contributed by atoms with van der Waals surface area (Å²) in [6.45, 7) is 1.01. The highest BCUT2D eigenvalue weighted by Crippen LogP contribution is 2.07. The van der Waals surface area contributed by atoms with Crippen molar-refractivity contribution in [1.82, 2.24) is 25.7 Å². The van der Waals surface area contributed by atoms with E-state index in [9.17, 15) is 14.4 Å². The van der Waals surface area contributed by atoms with E-state index in [0.717, 1.165) is 11.1 Å². The summed E-state index contributed by atoms with van der Waals surface area (Å²) in [4.78, 5) is 34.3. The Balaban J connectivity index is 1.52. The smallest absolute Gasteiger partial charge is 0.322 e. The van der Waals surface area contributed by atoms with Crippen molar-refractivity contribution in [2.45, 2.75) is 25.6 Å². The Kier molecular flexibility index (Phi) is 4.55. The molecular formula is C16H17N5O3. The molecule has 3 rings (SSSR count). The molecule has 0 bridgehead atoms. The minimum absolute atomic E-state index is 0.0788. The SMILES string of the molecule is O=C(CC1NC(=O)NC1=O)NCc1cccc(Cn2cccn2)c1. The highest BCUT2D eigenvalue weighted by molar-refractivity contribution is 6.05. The van der Waals surface area contributed by atoms with Gasteiger partial charge in [-0.3, -0.25) is 19.6 Å². The van der Waals surface area contributed by atoms with Crippen LogP contribution in [0.3, 0.4) is 0 Å². The third kappa shape index (κ3) is 3.97. The minimum Gasteiger partial charge on any atom is -0.352 e. The molecule has 1 unspecified atom stereocenters. The number of carbonyl (C=O) groups excluding carboxylic acids is 3. The number of aromatic nitrogens is 2. The predicted octanol–water partition coefficient (Wildman–Crippen LogP) is 0.146. The second-order valence-electron chi connectivity index (χ2n) is 5.52. The molecule has 0 aliphatic carbocycles. The largest absolute Gasteiger partial charge is 0.352 e. The van der Waals surface area contributed by atoms with Crippen LogP contribution in [0, 0.1) is 0 Å². The summed E-state index contributed by atoms with van der Waals surface area (Å²) in [5, 5.41) is 11.4. The molecule has 1 aliphatic heterocycles. The molecule has 24 heavy (non-hydrogen) atoms. The maximum atomic E-state index is 11.9. The molecule has 8 nitrogen and oxygen atoms in total. The Hall–Kier alpha value is -3.16. The van der Waals surface area contributed by atoms with E-state index in [0.29, 0.717) is 13.1 Å². The summed E-state index contributed by atoms with van der Waals surface area (Å²) >= 11 is 0. The van der Waals surface area contributed by atoms with Gasteiger partial charge in [0.05, 0.1) is 13.0 Å². The number of benzene rings is 1. The van der Waals surface area contributed by atoms with Gasteiger partial charge in [0, 0.05) is 18.9 Å². The summed E-state index contributed by atoms with van der Waals surface area (Å²) in [6.07, 6.45) is 3.53. The highest BCUT2D eigenvalue weighted by Gasteiger charge is 2.31. The molecule has 1 aliphatic rings. The van der Waals surface area contributed by atoms with Gasteiger partial charge in [0.15, 0.2) is 0 Å². The Morgan fingerprint density at radius 3 is 2.79 bits per heavy atom. The average molecular weight is 327 g/mol. The summed E-state index contributed by atoms with van der Waals surface area (Å²) in [6, 6.07) is 8.31. The Morgan fingerprint density at radius 1 is 1.25 bits per heavy atom. The quantitative estimate of drug-likeness (QED) is 0.657. The van der Waals surface area contributed by atoms with Gasteiger partial charge in [-0.05, 0) is 17.2 Å². The molecule has 8 heteroatoms. The lowest BCUT2D eigenvalue weighted by Gasteiger charge is -2.09. The van der Waals surface area contributed by atoms with Crippen LogP contribution in [0.2, 0.25) is 0 Å². The standard InChI is InChI=1S/C16H17N5O3/c22-14(8-13-15(23)20-16(24)19-13)17-9-11-3-1-4-12(7-11)10-21-6-2-5-18-21/h1-7,13H,8-10H2,(H,17,22)(H2,19,20,23,24). The molecule has 2 heterocycles. The van der Waals surface area contributed by atoms with Crippen molar-refractivity contribution in [3.05, 3.63) is 53.9 Å². The van der Waals surface area contributed by atoms with Gasteiger partial charge in [-0.25, -0.2) is 4.79 Å². The van der Waals surface area contributed by atoms with Gasteiger partial charge in [-0.15, -0.1) is 0 Å². The van der Waals surface area contributed by atoms with E-state index in [1.165, 1.54) is 0 Å². The highest BCUT2D eigenvalue weighted by atomic mass is 16.2. The lowest BCUT2D eigenvalue weighted by Crippen LogP contribution is -2.36. The van der Waals surface area contributed by atoms with Crippen molar-refractivity contribution in [2.24, 2.45) is 0 Å². The summed E-state index contributed by atoms with van der Waals surface area (Å²) in [7, 11) is 0. The fraction of sp³-hybridized carbons (Fsp3) is 0.250. The Morgan fingerprint density at radius 2 is 2.08 bits per heavy atom. The first-order chi connectivity index (χ1) is 11.6. The van der Waals surface area contributed by atoms with Crippen LogP contribution in [-0.2, 0) is 22.7 Å². The van der Waals surface area contributed by atoms with Crippen molar-refractivity contribution >= 4 is 17.8 Å². The van der Waals surface area contributed by atoms with Crippen molar-refractivity contribution in [3.8, 4) is 0 Å². The zero-order valence-electron chi connectivity index (χ0n) is 12.9. The number of imide groups is 1. The van der Waals surface area contributed by atoms with E-state index >= 15 is 0 Å². The summed E-state index contributed by atoms with van der Waals surface area (Å²) < 4.78 is 1.82. The molecule has 1 saturated heterocycles. The fourth-order valence-electron chi connectivity index (χ4n) is 2.48. The van der Waals surface area contributed by atoms with E-state index in [4.69, 9.17) is 0 Å². The van der Waals surface area contributed by atoms with Crippen molar-refractivity contribution < 1.29 is 14.4 Å². The van der Waals surface area contributed by atoms with E-state index in [-0.39, 0.29) is 12.3 Å². The third-order valence-corrected chi connectivity index (χ3v) is 3.63. The van der Waals surface area contributed by atoms with Crippen LogP contribution in [0.4, 0.5) is 4.79 Å². The predicted molar refractivity (Wildman–Crippen MR) is 84.7 cm³/mol. The van der Waals surface area contributed by atoms with Gasteiger partial charge in [-0.1, -0.05) is 24.3 Å². The van der Waals surface area contributed by atoms with Crippen molar-refractivity contribution in [2.75, 3.05) is 0 Å². The number of carbonyl (C=O) groups is 3. The van der Waals surface area contributed by atoms with E-state index in [2.05, 4.69) is 21.0 Å². The molecule has 0 radical (unpaired) electrons. The lowest BCUT2D eigenvalue weighted by molar-refractivity contribution is -0.126. The molecule has 1 aromatic carbocycles. The molecule has 124 valence electrons. The first kappa shape index (κ1) is 15.7. The molecular weight excluding hydrogens is 310 g/mol. The molecule has 2 aromatic rings. The third-order valence-electron chi connectivity index (χ3n) is 3.63. The molecule has 3 N–H and O–H groups in total. The topological polar surface area (TPSA) is 105 Å². The van der Waals surface area contributed by atoms with Crippen molar-refractivity contribution in [3.63, 3.8) is 0 Å². The van der Waals surface area contributed by atoms with Crippen LogP contribution in [0.5, 0.6) is 0 Å². The number of hydrogen-bond acceptors (Lipinski definition) is 4. The van der Waals surface area contributed by atoms with E-state index < -0.39 is 18.0 Å². The number of amides is 4. The first-order valence-electron chi connectivity index (χ1n) is 7.53. The zero-order chi connectivity index (χ0) is 16.9. The van der Waals surface area contributed by atoms with E-state index in [1.54, 1.807) is 6.20 Å². The monoisotopic (exact) mass is 327 g/mol. The Bertz CT molecular complexity index is 757. The molecule has 0 spiro atoms. The lowest BCUT2D eigenvalue weighted by atomic mass is 10.1.